The molecule has 9 nitrogen and oxygen atoms in total. The van der Waals surface area contributed by atoms with Gasteiger partial charge >= 0.3 is 6.55 Å². The van der Waals surface area contributed by atoms with Crippen LogP contribution in [-0.4, -0.2) is 37.0 Å². The number of benzene rings is 1. The Hall–Kier alpha value is -4.43. The highest BCUT2D eigenvalue weighted by molar-refractivity contribution is 5.94. The summed E-state index contributed by atoms with van der Waals surface area (Å²) in [6, 6.07) is 12.0. The van der Waals surface area contributed by atoms with Gasteiger partial charge in [0.05, 0.1) is 24.0 Å². The molecule has 0 radical (unpaired) electrons. The third-order valence-corrected chi connectivity index (χ3v) is 5.71. The molecule has 0 spiro atoms. The van der Waals surface area contributed by atoms with Crippen molar-refractivity contribution in [2.24, 2.45) is 7.05 Å². The van der Waals surface area contributed by atoms with Crippen molar-refractivity contribution >= 4 is 11.7 Å². The van der Waals surface area contributed by atoms with Gasteiger partial charge in [-0.1, -0.05) is 19.1 Å². The highest BCUT2D eigenvalue weighted by atomic mass is 19.3. The Morgan fingerprint density at radius 3 is 2.39 bits per heavy atom. The highest BCUT2D eigenvalue weighted by Gasteiger charge is 2.23. The summed E-state index contributed by atoms with van der Waals surface area (Å²) in [4.78, 5) is 17.5. The Morgan fingerprint density at radius 1 is 1.03 bits per heavy atom. The van der Waals surface area contributed by atoms with Gasteiger partial charge in [0.1, 0.15) is 11.9 Å². The minimum absolute atomic E-state index is 0.0799. The van der Waals surface area contributed by atoms with Gasteiger partial charge in [0, 0.05) is 48.9 Å². The van der Waals surface area contributed by atoms with E-state index in [0.29, 0.717) is 39.3 Å². The molecule has 0 saturated carbocycles. The Morgan fingerprint density at radius 2 is 1.81 bits per heavy atom. The van der Waals surface area contributed by atoms with Gasteiger partial charge in [-0.05, 0) is 35.7 Å². The Labute approximate surface area is 206 Å². The fraction of sp³-hybridized carbons (Fsp3) is 0.240. The van der Waals surface area contributed by atoms with E-state index in [4.69, 9.17) is 5.26 Å². The minimum atomic E-state index is -2.72. The number of carbonyl (C=O) groups is 1. The van der Waals surface area contributed by atoms with Crippen molar-refractivity contribution in [1.82, 2.24) is 29.9 Å². The Kier molecular flexibility index (Phi) is 7.46. The number of hydrogen-bond donors (Lipinski definition) is 2. The van der Waals surface area contributed by atoms with E-state index >= 15 is 0 Å². The molecule has 4 rings (SSSR count). The van der Waals surface area contributed by atoms with Crippen molar-refractivity contribution < 1.29 is 13.6 Å². The van der Waals surface area contributed by atoms with Crippen molar-refractivity contribution in [3.8, 4) is 17.2 Å². The van der Waals surface area contributed by atoms with Crippen LogP contribution in [0.5, 0.6) is 0 Å². The molecule has 184 valence electrons. The number of hydrogen-bond acceptors (Lipinski definition) is 6. The summed E-state index contributed by atoms with van der Waals surface area (Å²) in [5, 5.41) is 22.9. The second-order valence-electron chi connectivity index (χ2n) is 8.33. The molecule has 36 heavy (non-hydrogen) atoms. The van der Waals surface area contributed by atoms with E-state index in [9.17, 15) is 13.6 Å². The van der Waals surface area contributed by atoms with Gasteiger partial charge in [-0.3, -0.25) is 9.48 Å². The number of rotatable bonds is 9. The molecule has 0 aliphatic heterocycles. The van der Waals surface area contributed by atoms with Crippen LogP contribution in [-0.2, 0) is 11.8 Å². The number of anilines is 1. The highest BCUT2D eigenvalue weighted by Crippen LogP contribution is 2.23. The predicted molar refractivity (Wildman–Crippen MR) is 129 cm³/mol. The number of carbonyl (C=O) groups excluding carboxylic acids is 1. The number of nitrogens with zero attached hydrogens (tertiary/aromatic N) is 6. The standard InChI is InChI=1S/C25H24F2N8O/c1-16(18-5-3-17(9-28)4-6-18)10-30-23(21-13-31-34(2)14-21)24(36)33-22-8-7-19(11-29-22)20-12-32-35(15-20)25(26)27/h3-8,11-16,23,25,30H,10H2,1-2H3,(H,29,33,36)/t16-,23-/m0/s1. The Bertz CT molecular complexity index is 1360. The van der Waals surface area contributed by atoms with Crippen LogP contribution in [0.15, 0.2) is 67.4 Å². The minimum Gasteiger partial charge on any atom is -0.309 e. The maximum absolute atomic E-state index is 13.2. The quantitative estimate of drug-likeness (QED) is 0.366. The van der Waals surface area contributed by atoms with Crippen molar-refractivity contribution in [2.45, 2.75) is 25.4 Å². The first kappa shape index (κ1) is 24.7. The smallest absolute Gasteiger partial charge is 0.309 e. The maximum Gasteiger partial charge on any atom is 0.333 e. The molecule has 0 unspecified atom stereocenters. The van der Waals surface area contributed by atoms with Crippen LogP contribution in [0.4, 0.5) is 14.6 Å². The molecule has 2 N–H and O–H groups in total. The lowest BCUT2D eigenvalue weighted by Gasteiger charge is -2.20. The first-order valence-corrected chi connectivity index (χ1v) is 11.2. The average Bonchev–Trinajstić information content (AvgIpc) is 3.54. The first-order valence-electron chi connectivity index (χ1n) is 11.2. The molecule has 4 aromatic rings. The van der Waals surface area contributed by atoms with Gasteiger partial charge < -0.3 is 10.6 Å². The number of amides is 1. The fourth-order valence-corrected chi connectivity index (χ4v) is 3.68. The zero-order chi connectivity index (χ0) is 25.7. The summed E-state index contributed by atoms with van der Waals surface area (Å²) in [5.74, 6) is 0.0814. The Balaban J connectivity index is 1.45. The summed E-state index contributed by atoms with van der Waals surface area (Å²) in [5.41, 5.74) is 3.41. The molecule has 1 aromatic carbocycles. The summed E-state index contributed by atoms with van der Waals surface area (Å²) >= 11 is 0. The number of nitriles is 1. The lowest BCUT2D eigenvalue weighted by Crippen LogP contribution is -2.35. The molecule has 2 atom stereocenters. The van der Waals surface area contributed by atoms with Gasteiger partial charge in [0.2, 0.25) is 5.91 Å². The van der Waals surface area contributed by atoms with Crippen LogP contribution < -0.4 is 10.6 Å². The third-order valence-electron chi connectivity index (χ3n) is 5.71. The normalized spacial score (nSPS) is 12.8. The number of pyridine rings is 1. The van der Waals surface area contributed by atoms with Crippen LogP contribution in [0, 0.1) is 11.3 Å². The van der Waals surface area contributed by atoms with Gasteiger partial charge in [0.25, 0.3) is 0 Å². The van der Waals surface area contributed by atoms with E-state index < -0.39 is 12.6 Å². The molecule has 0 aliphatic rings. The largest absolute Gasteiger partial charge is 0.333 e. The van der Waals surface area contributed by atoms with E-state index in [0.717, 1.165) is 5.56 Å². The predicted octanol–water partition coefficient (Wildman–Crippen LogP) is 4.02. The van der Waals surface area contributed by atoms with Crippen molar-refractivity contribution in [3.05, 3.63) is 84.1 Å². The number of aromatic nitrogens is 5. The van der Waals surface area contributed by atoms with Crippen LogP contribution in [0.2, 0.25) is 0 Å². The lowest BCUT2D eigenvalue weighted by molar-refractivity contribution is -0.118. The lowest BCUT2D eigenvalue weighted by atomic mass is 9.99. The van der Waals surface area contributed by atoms with Gasteiger partial charge in [0.15, 0.2) is 0 Å². The van der Waals surface area contributed by atoms with E-state index in [1.54, 1.807) is 48.4 Å². The van der Waals surface area contributed by atoms with E-state index in [2.05, 4.69) is 31.9 Å². The second kappa shape index (κ2) is 10.9. The third kappa shape index (κ3) is 5.79. The number of halogens is 2. The summed E-state index contributed by atoms with van der Waals surface area (Å²) in [7, 11) is 1.77. The van der Waals surface area contributed by atoms with Gasteiger partial charge in [-0.2, -0.15) is 24.2 Å². The van der Waals surface area contributed by atoms with Crippen molar-refractivity contribution in [3.63, 3.8) is 0 Å². The van der Waals surface area contributed by atoms with Gasteiger partial charge in [-0.25, -0.2) is 9.67 Å². The fourth-order valence-electron chi connectivity index (χ4n) is 3.68. The second-order valence-corrected chi connectivity index (χ2v) is 8.33. The van der Waals surface area contributed by atoms with Crippen LogP contribution >= 0.6 is 0 Å². The van der Waals surface area contributed by atoms with Crippen molar-refractivity contribution in [2.75, 3.05) is 11.9 Å². The molecule has 3 aromatic heterocycles. The van der Waals surface area contributed by atoms with Crippen LogP contribution in [0.1, 0.15) is 42.1 Å². The molecule has 0 fully saturated rings. The molecule has 1 amide bonds. The zero-order valence-corrected chi connectivity index (χ0v) is 19.6. The van der Waals surface area contributed by atoms with E-state index in [1.165, 1.54) is 18.6 Å². The topological polar surface area (TPSA) is 113 Å². The molecule has 11 heteroatoms. The van der Waals surface area contributed by atoms with E-state index in [-0.39, 0.29) is 11.8 Å². The van der Waals surface area contributed by atoms with E-state index in [1.807, 2.05) is 19.1 Å². The van der Waals surface area contributed by atoms with Crippen molar-refractivity contribution in [1.29, 1.82) is 5.26 Å². The molecule has 0 aliphatic carbocycles. The monoisotopic (exact) mass is 490 g/mol. The summed E-state index contributed by atoms with van der Waals surface area (Å²) in [6.07, 6.45) is 7.44. The maximum atomic E-state index is 13.2. The van der Waals surface area contributed by atoms with Gasteiger partial charge in [-0.15, -0.1) is 0 Å². The molecule has 0 bridgehead atoms. The molecule has 3 heterocycles. The molecular formula is C25H24F2N8O. The molecular weight excluding hydrogens is 466 g/mol. The van der Waals surface area contributed by atoms with Crippen LogP contribution in [0.25, 0.3) is 11.1 Å². The van der Waals surface area contributed by atoms with Crippen LogP contribution in [0.3, 0.4) is 0 Å². The summed E-state index contributed by atoms with van der Waals surface area (Å²) < 4.78 is 27.7. The zero-order valence-electron chi connectivity index (χ0n) is 19.6. The number of alkyl halides is 2. The summed E-state index contributed by atoms with van der Waals surface area (Å²) in [6.45, 7) is -0.190. The number of nitrogens with one attached hydrogen (secondary N) is 2. The number of aryl methyl sites for hydroxylation is 1. The SMILES string of the molecule is C[C@@H](CN[C@H](C(=O)Nc1ccc(-c2cnn(C(F)F)c2)cn1)c1cnn(C)c1)c1ccc(C#N)cc1. The first-order chi connectivity index (χ1) is 17.3. The molecule has 0 saturated heterocycles. The average molecular weight is 491 g/mol.